The summed E-state index contributed by atoms with van der Waals surface area (Å²) in [7, 11) is 1.57. The average molecular weight is 523 g/mol. The van der Waals surface area contributed by atoms with Gasteiger partial charge in [-0.2, -0.15) is 0 Å². The molecule has 0 radical (unpaired) electrons. The Balaban J connectivity index is 1.67. The first-order valence-electron chi connectivity index (χ1n) is 13.2. The minimum atomic E-state index is -0.961. The Labute approximate surface area is 223 Å². The Morgan fingerprint density at radius 3 is 2.55 bits per heavy atom. The van der Waals surface area contributed by atoms with Crippen LogP contribution in [0.3, 0.4) is 0 Å². The van der Waals surface area contributed by atoms with Crippen molar-refractivity contribution in [2.45, 2.75) is 71.3 Å². The van der Waals surface area contributed by atoms with Gasteiger partial charge < -0.3 is 14.6 Å². The Morgan fingerprint density at radius 2 is 1.89 bits per heavy atom. The summed E-state index contributed by atoms with van der Waals surface area (Å²) < 4.78 is 41.6. The van der Waals surface area contributed by atoms with E-state index in [-0.39, 0.29) is 35.9 Å². The zero-order valence-corrected chi connectivity index (χ0v) is 22.5. The van der Waals surface area contributed by atoms with Crippen LogP contribution in [0.5, 0.6) is 11.5 Å². The molecule has 1 unspecified atom stereocenters. The van der Waals surface area contributed by atoms with Crippen LogP contribution in [0.25, 0.3) is 11.1 Å². The molecule has 1 aliphatic carbocycles. The molecular weight excluding hydrogens is 486 g/mol. The van der Waals surface area contributed by atoms with Crippen LogP contribution in [0.1, 0.15) is 81.4 Å². The first kappa shape index (κ1) is 27.6. The average Bonchev–Trinajstić information content (AvgIpc) is 3.25. The molecular formula is C32H36F2O4. The Morgan fingerprint density at radius 1 is 1.11 bits per heavy atom. The largest absolute Gasteiger partial charge is 0.497 e. The van der Waals surface area contributed by atoms with Crippen LogP contribution >= 0.6 is 0 Å². The Bertz CT molecular complexity index is 1300. The van der Waals surface area contributed by atoms with Gasteiger partial charge in [0.05, 0.1) is 13.5 Å². The first-order valence-corrected chi connectivity index (χ1v) is 13.2. The van der Waals surface area contributed by atoms with Gasteiger partial charge in [0.25, 0.3) is 0 Å². The number of carboxylic acid groups (broad SMARTS) is 1. The summed E-state index contributed by atoms with van der Waals surface area (Å²) in [5.74, 6) is -1.29. The van der Waals surface area contributed by atoms with E-state index >= 15 is 8.78 Å². The number of hydrogen-bond acceptors (Lipinski definition) is 3. The van der Waals surface area contributed by atoms with E-state index in [0.717, 1.165) is 36.0 Å². The molecule has 3 aromatic rings. The van der Waals surface area contributed by atoms with Gasteiger partial charge in [0.2, 0.25) is 0 Å². The van der Waals surface area contributed by atoms with Crippen LogP contribution in [0.2, 0.25) is 0 Å². The summed E-state index contributed by atoms with van der Waals surface area (Å²) >= 11 is 0. The normalized spacial score (nSPS) is 17.3. The summed E-state index contributed by atoms with van der Waals surface area (Å²) in [6.07, 6.45) is 3.57. The highest BCUT2D eigenvalue weighted by Crippen LogP contribution is 2.51. The smallest absolute Gasteiger partial charge is 0.303 e. The maximum atomic E-state index is 15.3. The molecule has 0 heterocycles. The highest BCUT2D eigenvalue weighted by Gasteiger charge is 2.37. The van der Waals surface area contributed by atoms with Gasteiger partial charge >= 0.3 is 5.97 Å². The van der Waals surface area contributed by atoms with Crippen molar-refractivity contribution in [1.82, 2.24) is 0 Å². The Kier molecular flexibility index (Phi) is 8.39. The third-order valence-electron chi connectivity index (χ3n) is 7.95. The second kappa shape index (κ2) is 11.5. The number of benzene rings is 3. The predicted molar refractivity (Wildman–Crippen MR) is 145 cm³/mol. The molecule has 0 aromatic heterocycles. The van der Waals surface area contributed by atoms with Gasteiger partial charge in [0.1, 0.15) is 18.2 Å². The molecule has 1 saturated carbocycles. The van der Waals surface area contributed by atoms with Gasteiger partial charge in [-0.1, -0.05) is 57.5 Å². The van der Waals surface area contributed by atoms with Gasteiger partial charge in [-0.05, 0) is 83.0 Å². The van der Waals surface area contributed by atoms with Crippen LogP contribution in [0.15, 0.2) is 54.6 Å². The van der Waals surface area contributed by atoms with Gasteiger partial charge in [0, 0.05) is 5.56 Å². The number of rotatable bonds is 10. The summed E-state index contributed by atoms with van der Waals surface area (Å²) in [4.78, 5) is 11.2. The molecule has 4 rings (SSSR count). The quantitative estimate of drug-likeness (QED) is 0.290. The Hall–Kier alpha value is -3.41. The van der Waals surface area contributed by atoms with E-state index in [1.54, 1.807) is 37.4 Å². The van der Waals surface area contributed by atoms with E-state index in [1.165, 1.54) is 6.07 Å². The third-order valence-corrected chi connectivity index (χ3v) is 7.95. The summed E-state index contributed by atoms with van der Waals surface area (Å²) in [5, 5.41) is 9.21. The number of aliphatic carboxylic acids is 1. The van der Waals surface area contributed by atoms with E-state index in [4.69, 9.17) is 9.47 Å². The summed E-state index contributed by atoms with van der Waals surface area (Å²) in [5.41, 5.74) is 3.66. The van der Waals surface area contributed by atoms with Crippen LogP contribution in [0.4, 0.5) is 8.78 Å². The topological polar surface area (TPSA) is 55.8 Å². The van der Waals surface area contributed by atoms with Crippen molar-refractivity contribution in [3.05, 3.63) is 82.9 Å². The van der Waals surface area contributed by atoms with E-state index < -0.39 is 17.7 Å². The fraction of sp³-hybridized carbons (Fsp3) is 0.406. The van der Waals surface area contributed by atoms with Crippen molar-refractivity contribution in [2.75, 3.05) is 7.11 Å². The van der Waals surface area contributed by atoms with E-state index in [0.29, 0.717) is 23.3 Å². The van der Waals surface area contributed by atoms with E-state index in [1.807, 2.05) is 19.1 Å². The van der Waals surface area contributed by atoms with E-state index in [9.17, 15) is 9.90 Å². The minimum Gasteiger partial charge on any atom is -0.497 e. The predicted octanol–water partition coefficient (Wildman–Crippen LogP) is 8.48. The number of methoxy groups -OCH3 is 1. The fourth-order valence-corrected chi connectivity index (χ4v) is 5.78. The van der Waals surface area contributed by atoms with E-state index in [2.05, 4.69) is 19.9 Å². The lowest BCUT2D eigenvalue weighted by molar-refractivity contribution is -0.137. The van der Waals surface area contributed by atoms with Gasteiger partial charge in [-0.15, -0.1) is 0 Å². The maximum Gasteiger partial charge on any atom is 0.303 e. The molecule has 3 aromatic carbocycles. The zero-order chi connectivity index (χ0) is 27.4. The molecule has 1 aliphatic rings. The van der Waals surface area contributed by atoms with Crippen LogP contribution in [0, 0.1) is 17.0 Å². The van der Waals surface area contributed by atoms with Crippen molar-refractivity contribution >= 4 is 5.97 Å². The molecule has 0 saturated heterocycles. The summed E-state index contributed by atoms with van der Waals surface area (Å²) in [6.45, 7) is 6.49. The van der Waals surface area contributed by atoms with Crippen molar-refractivity contribution in [1.29, 1.82) is 0 Å². The molecule has 1 N–H and O–H groups in total. The van der Waals surface area contributed by atoms with Gasteiger partial charge in [0.15, 0.2) is 11.6 Å². The number of halogens is 2. The monoisotopic (exact) mass is 522 g/mol. The van der Waals surface area contributed by atoms with Crippen molar-refractivity contribution in [3.8, 4) is 22.6 Å². The molecule has 38 heavy (non-hydrogen) atoms. The lowest BCUT2D eigenvalue weighted by Crippen LogP contribution is -2.17. The molecule has 0 amide bonds. The number of carboxylic acids is 1. The molecule has 1 fully saturated rings. The lowest BCUT2D eigenvalue weighted by Gasteiger charge is -2.30. The van der Waals surface area contributed by atoms with Gasteiger partial charge in [-0.25, -0.2) is 8.78 Å². The minimum absolute atomic E-state index is 0.0588. The van der Waals surface area contributed by atoms with Crippen LogP contribution in [-0.4, -0.2) is 18.2 Å². The third kappa shape index (κ3) is 5.85. The van der Waals surface area contributed by atoms with Crippen LogP contribution in [-0.2, 0) is 11.4 Å². The molecule has 2 atom stereocenters. The fourth-order valence-electron chi connectivity index (χ4n) is 5.78. The van der Waals surface area contributed by atoms with Crippen molar-refractivity contribution in [2.24, 2.45) is 5.41 Å². The maximum absolute atomic E-state index is 15.3. The van der Waals surface area contributed by atoms with Crippen molar-refractivity contribution < 1.29 is 28.2 Å². The van der Waals surface area contributed by atoms with Gasteiger partial charge in [-0.3, -0.25) is 4.79 Å². The number of carbonyl (C=O) groups is 1. The molecule has 0 spiro atoms. The van der Waals surface area contributed by atoms with Crippen LogP contribution < -0.4 is 9.47 Å². The zero-order valence-electron chi connectivity index (χ0n) is 22.5. The highest BCUT2D eigenvalue weighted by molar-refractivity contribution is 5.71. The lowest BCUT2D eigenvalue weighted by atomic mass is 9.75. The standard InChI is InChI=1S/C32H36F2O4/c1-5-21(17-30(35)36)23-8-6-10-29(31(23)34)38-19-20-11-13-24(26-18-22(37-4)12-14-28(26)33)25(16-20)27-9-7-15-32(27,2)3/h6,8,10-14,16,18,21,27H,5,7,9,15,17,19H2,1-4H3,(H,35,36)/t21?,27-/m1/s1. The molecule has 0 aliphatic heterocycles. The SMILES string of the molecule is CCC(CC(=O)O)c1cccc(OCc2ccc(-c3cc(OC)ccc3F)c([C@H]3CCCC3(C)C)c2)c1F. The second-order valence-corrected chi connectivity index (χ2v) is 10.9. The summed E-state index contributed by atoms with van der Waals surface area (Å²) in [6, 6.07) is 15.5. The first-order chi connectivity index (χ1) is 18.1. The molecule has 202 valence electrons. The highest BCUT2D eigenvalue weighted by atomic mass is 19.1. The second-order valence-electron chi connectivity index (χ2n) is 10.9. The van der Waals surface area contributed by atoms with Crippen molar-refractivity contribution in [3.63, 3.8) is 0 Å². The molecule has 4 nitrogen and oxygen atoms in total. The number of hydrogen-bond donors (Lipinski definition) is 1. The number of ether oxygens (including phenoxy) is 2. The molecule has 6 heteroatoms. The molecule has 0 bridgehead atoms.